The molecule has 2 amide bonds. The summed E-state index contributed by atoms with van der Waals surface area (Å²) in [5.74, 6) is 0. The zero-order chi connectivity index (χ0) is 13.3. The van der Waals surface area contributed by atoms with Gasteiger partial charge in [0.2, 0.25) is 0 Å². The number of nitrogens with zero attached hydrogens (tertiary/aromatic N) is 1. The first-order chi connectivity index (χ1) is 8.40. The van der Waals surface area contributed by atoms with Crippen molar-refractivity contribution in [1.29, 1.82) is 0 Å². The average Bonchev–Trinajstić information content (AvgIpc) is 2.68. The molecule has 0 aliphatic rings. The minimum absolute atomic E-state index is 0.253. The van der Waals surface area contributed by atoms with Crippen LogP contribution in [0.5, 0.6) is 0 Å². The average molecular weight is 275 g/mol. The smallest absolute Gasteiger partial charge is 0.341 e. The first-order valence-corrected chi connectivity index (χ1v) is 5.68. The lowest BCUT2D eigenvalue weighted by Gasteiger charge is -2.04. The molecule has 4 nitrogen and oxygen atoms in total. The molecule has 2 rings (SSSR count). The van der Waals surface area contributed by atoms with Crippen LogP contribution in [0.15, 0.2) is 18.2 Å². The van der Waals surface area contributed by atoms with E-state index in [0.29, 0.717) is 10.2 Å². The Morgan fingerprint density at radius 1 is 1.39 bits per heavy atom. The summed E-state index contributed by atoms with van der Waals surface area (Å²) in [6.45, 7) is 0. The van der Waals surface area contributed by atoms with Crippen molar-refractivity contribution in [3.63, 3.8) is 0 Å². The normalized spacial score (nSPS) is 11.6. The Hall–Kier alpha value is -1.83. The lowest BCUT2D eigenvalue weighted by molar-refractivity contribution is -0.137. The highest BCUT2D eigenvalue weighted by Crippen LogP contribution is 2.34. The van der Waals surface area contributed by atoms with Crippen LogP contribution in [0.1, 0.15) is 5.56 Å². The van der Waals surface area contributed by atoms with Gasteiger partial charge >= 0.3 is 12.2 Å². The van der Waals surface area contributed by atoms with E-state index in [1.807, 2.05) is 0 Å². The summed E-state index contributed by atoms with van der Waals surface area (Å²) in [5, 5.41) is 5.00. The third-order valence-electron chi connectivity index (χ3n) is 2.16. The number of benzene rings is 1. The Kier molecular flexibility index (Phi) is 3.12. The second kappa shape index (κ2) is 4.45. The van der Waals surface area contributed by atoms with E-state index in [2.05, 4.69) is 15.6 Å². The number of hydrogen-bond acceptors (Lipinski definition) is 3. The van der Waals surface area contributed by atoms with Crippen LogP contribution in [0.25, 0.3) is 10.2 Å². The van der Waals surface area contributed by atoms with Crippen molar-refractivity contribution in [3.05, 3.63) is 23.8 Å². The van der Waals surface area contributed by atoms with Gasteiger partial charge in [0.1, 0.15) is 0 Å². The van der Waals surface area contributed by atoms with Crippen LogP contribution in [0.4, 0.5) is 23.1 Å². The predicted octanol–water partition coefficient (Wildman–Crippen LogP) is 3.07. The predicted molar refractivity (Wildman–Crippen MR) is 62.7 cm³/mol. The molecule has 2 aromatic rings. The number of fused-ring (bicyclic) bond motifs is 1. The van der Waals surface area contributed by atoms with E-state index < -0.39 is 17.8 Å². The molecule has 0 radical (unpaired) electrons. The largest absolute Gasteiger partial charge is 0.416 e. The number of nitrogens with one attached hydrogen (secondary N) is 2. The highest BCUT2D eigenvalue weighted by molar-refractivity contribution is 7.22. The van der Waals surface area contributed by atoms with Gasteiger partial charge in [-0.3, -0.25) is 5.32 Å². The molecule has 0 saturated heterocycles. The van der Waals surface area contributed by atoms with Gasteiger partial charge in [-0.2, -0.15) is 13.2 Å². The summed E-state index contributed by atoms with van der Waals surface area (Å²) in [5.41, 5.74) is -0.315. The lowest BCUT2D eigenvalue weighted by atomic mass is 10.2. The summed E-state index contributed by atoms with van der Waals surface area (Å²) in [6, 6.07) is 2.79. The maximum atomic E-state index is 12.5. The number of anilines is 1. The highest BCUT2D eigenvalue weighted by Gasteiger charge is 2.30. The lowest BCUT2D eigenvalue weighted by Crippen LogP contribution is -2.24. The topological polar surface area (TPSA) is 54.0 Å². The van der Waals surface area contributed by atoms with E-state index >= 15 is 0 Å². The van der Waals surface area contributed by atoms with Gasteiger partial charge in [-0.1, -0.05) is 11.3 Å². The van der Waals surface area contributed by atoms with Crippen LogP contribution < -0.4 is 10.6 Å². The number of amides is 2. The fraction of sp³-hybridized carbons (Fsp3) is 0.200. The van der Waals surface area contributed by atoms with Gasteiger partial charge in [0.15, 0.2) is 5.13 Å². The molecule has 0 atom stereocenters. The van der Waals surface area contributed by atoms with E-state index in [4.69, 9.17) is 0 Å². The van der Waals surface area contributed by atoms with Crippen molar-refractivity contribution in [2.24, 2.45) is 0 Å². The van der Waals surface area contributed by atoms with Crippen LogP contribution in [0, 0.1) is 0 Å². The molecule has 0 fully saturated rings. The SMILES string of the molecule is CNC(=O)Nc1nc2ccc(C(F)(F)F)cc2s1. The van der Waals surface area contributed by atoms with Gasteiger partial charge in [-0.05, 0) is 18.2 Å². The van der Waals surface area contributed by atoms with Crippen LogP contribution in [-0.2, 0) is 6.18 Å². The molecule has 18 heavy (non-hydrogen) atoms. The number of thiazole rings is 1. The van der Waals surface area contributed by atoms with Crippen molar-refractivity contribution in [1.82, 2.24) is 10.3 Å². The van der Waals surface area contributed by atoms with Crippen molar-refractivity contribution < 1.29 is 18.0 Å². The van der Waals surface area contributed by atoms with E-state index in [0.717, 1.165) is 23.5 Å². The molecule has 0 aliphatic heterocycles. The van der Waals surface area contributed by atoms with Crippen molar-refractivity contribution in [3.8, 4) is 0 Å². The molecular formula is C10H8F3N3OS. The van der Waals surface area contributed by atoms with Crippen molar-refractivity contribution in [2.75, 3.05) is 12.4 Å². The summed E-state index contributed by atoms with van der Waals surface area (Å²) < 4.78 is 37.8. The molecule has 1 heterocycles. The minimum Gasteiger partial charge on any atom is -0.341 e. The number of hydrogen-bond donors (Lipinski definition) is 2. The number of urea groups is 1. The maximum Gasteiger partial charge on any atom is 0.416 e. The number of carbonyl (C=O) groups excluding carboxylic acids is 1. The van der Waals surface area contributed by atoms with E-state index in [1.54, 1.807) is 0 Å². The number of halogens is 3. The first kappa shape index (κ1) is 12.6. The first-order valence-electron chi connectivity index (χ1n) is 4.86. The van der Waals surface area contributed by atoms with Crippen molar-refractivity contribution in [2.45, 2.75) is 6.18 Å². The molecule has 1 aromatic heterocycles. The van der Waals surface area contributed by atoms with E-state index in [-0.39, 0.29) is 5.13 Å². The molecule has 0 aliphatic carbocycles. The molecule has 1 aromatic carbocycles. The number of rotatable bonds is 1. The Morgan fingerprint density at radius 2 is 2.11 bits per heavy atom. The van der Waals surface area contributed by atoms with Gasteiger partial charge in [0.25, 0.3) is 0 Å². The number of aromatic nitrogens is 1. The standard InChI is InChI=1S/C10H8F3N3OS/c1-14-8(17)16-9-15-6-3-2-5(10(11,12)13)4-7(6)18-9/h2-4H,1H3,(H2,14,15,16,17). The minimum atomic E-state index is -4.38. The second-order valence-electron chi connectivity index (χ2n) is 3.40. The molecule has 2 N–H and O–H groups in total. The van der Waals surface area contributed by atoms with E-state index in [1.165, 1.54) is 13.1 Å². The Balaban J connectivity index is 2.37. The third kappa shape index (κ3) is 2.53. The van der Waals surface area contributed by atoms with Gasteiger partial charge in [-0.25, -0.2) is 9.78 Å². The van der Waals surface area contributed by atoms with Crippen LogP contribution in [0.3, 0.4) is 0 Å². The van der Waals surface area contributed by atoms with E-state index in [9.17, 15) is 18.0 Å². The number of alkyl halides is 3. The summed E-state index contributed by atoms with van der Waals surface area (Å²) in [6.07, 6.45) is -4.38. The molecule has 96 valence electrons. The molecular weight excluding hydrogens is 267 g/mol. The highest BCUT2D eigenvalue weighted by atomic mass is 32.1. The Morgan fingerprint density at radius 3 is 2.72 bits per heavy atom. The van der Waals surface area contributed by atoms with Crippen LogP contribution in [-0.4, -0.2) is 18.1 Å². The Bertz CT molecular complexity index is 594. The van der Waals surface area contributed by atoms with Gasteiger partial charge < -0.3 is 5.32 Å². The zero-order valence-corrected chi connectivity index (χ0v) is 9.95. The summed E-state index contributed by atoms with van der Waals surface area (Å²) in [4.78, 5) is 15.1. The quantitative estimate of drug-likeness (QED) is 0.840. The van der Waals surface area contributed by atoms with Crippen molar-refractivity contribution >= 4 is 32.7 Å². The van der Waals surface area contributed by atoms with Crippen LogP contribution in [0.2, 0.25) is 0 Å². The molecule has 0 spiro atoms. The van der Waals surface area contributed by atoms with Crippen LogP contribution >= 0.6 is 11.3 Å². The van der Waals surface area contributed by atoms with Gasteiger partial charge in [0, 0.05) is 7.05 Å². The zero-order valence-electron chi connectivity index (χ0n) is 9.13. The summed E-state index contributed by atoms with van der Waals surface area (Å²) >= 11 is 0.988. The fourth-order valence-electron chi connectivity index (χ4n) is 1.31. The fourth-order valence-corrected chi connectivity index (χ4v) is 2.21. The second-order valence-corrected chi connectivity index (χ2v) is 4.43. The molecule has 0 saturated carbocycles. The molecule has 8 heteroatoms. The Labute approximate surface area is 104 Å². The summed E-state index contributed by atoms with van der Waals surface area (Å²) in [7, 11) is 1.43. The van der Waals surface area contributed by atoms with Gasteiger partial charge in [0.05, 0.1) is 15.8 Å². The maximum absolute atomic E-state index is 12.5. The molecule has 0 unspecified atom stereocenters. The molecule has 0 bridgehead atoms. The monoisotopic (exact) mass is 275 g/mol. The third-order valence-corrected chi connectivity index (χ3v) is 3.10. The number of carbonyl (C=O) groups is 1. The van der Waals surface area contributed by atoms with Gasteiger partial charge in [-0.15, -0.1) is 0 Å².